The van der Waals surface area contributed by atoms with E-state index in [1.54, 1.807) is 0 Å². The van der Waals surface area contributed by atoms with Crippen LogP contribution in [0.25, 0.3) is 0 Å². The molecule has 0 aromatic carbocycles. The minimum absolute atomic E-state index is 0.142. The maximum Gasteiger partial charge on any atom is 0.244 e. The third-order valence-corrected chi connectivity index (χ3v) is 5.58. The highest BCUT2D eigenvalue weighted by Gasteiger charge is 2.60. The van der Waals surface area contributed by atoms with Crippen molar-refractivity contribution in [2.24, 2.45) is 11.3 Å². The van der Waals surface area contributed by atoms with Gasteiger partial charge < -0.3 is 4.90 Å². The summed E-state index contributed by atoms with van der Waals surface area (Å²) in [7, 11) is 0. The van der Waals surface area contributed by atoms with Crippen LogP contribution in [-0.4, -0.2) is 29.1 Å². The highest BCUT2D eigenvalue weighted by atomic mass is 16.2. The lowest BCUT2D eigenvalue weighted by Gasteiger charge is -2.35. The van der Waals surface area contributed by atoms with E-state index in [0.717, 1.165) is 25.8 Å². The number of carbonyl (C=O) groups is 1. The normalized spacial score (nSPS) is 30.6. The van der Waals surface area contributed by atoms with Gasteiger partial charge in [-0.15, -0.1) is 0 Å². The number of hydrogen-bond acceptors (Lipinski definition) is 2. The van der Waals surface area contributed by atoms with Gasteiger partial charge in [-0.05, 0) is 43.4 Å². The molecule has 1 N–H and O–H groups in total. The Labute approximate surface area is 117 Å². The smallest absolute Gasteiger partial charge is 0.244 e. The highest BCUT2D eigenvalue weighted by molar-refractivity contribution is 5.91. The van der Waals surface area contributed by atoms with Gasteiger partial charge in [-0.3, -0.25) is 10.1 Å². The van der Waals surface area contributed by atoms with Gasteiger partial charge >= 0.3 is 0 Å². The summed E-state index contributed by atoms with van der Waals surface area (Å²) in [6, 6.07) is 0. The molecule has 1 saturated heterocycles. The molecule has 3 heteroatoms. The molecule has 108 valence electrons. The zero-order chi connectivity index (χ0) is 13.7. The number of nitrogens with zero attached hydrogens (tertiary/aromatic N) is 1. The van der Waals surface area contributed by atoms with E-state index in [-0.39, 0.29) is 11.0 Å². The van der Waals surface area contributed by atoms with Gasteiger partial charge in [0.2, 0.25) is 5.91 Å². The molecule has 3 rings (SSSR count). The van der Waals surface area contributed by atoms with Gasteiger partial charge in [-0.25, -0.2) is 0 Å². The molecule has 3 nitrogen and oxygen atoms in total. The lowest BCUT2D eigenvalue weighted by atomic mass is 9.89. The Balaban J connectivity index is 1.78. The molecule has 0 aromatic rings. The molecule has 1 atom stereocenters. The van der Waals surface area contributed by atoms with E-state index >= 15 is 0 Å². The van der Waals surface area contributed by atoms with Crippen LogP contribution in [0.15, 0.2) is 0 Å². The Morgan fingerprint density at radius 2 is 1.95 bits per heavy atom. The van der Waals surface area contributed by atoms with Gasteiger partial charge in [0.1, 0.15) is 0 Å². The number of amides is 1. The average molecular weight is 264 g/mol. The van der Waals surface area contributed by atoms with Crippen LogP contribution in [0.4, 0.5) is 0 Å². The molecule has 0 radical (unpaired) electrons. The van der Waals surface area contributed by atoms with E-state index in [1.165, 1.54) is 25.7 Å². The van der Waals surface area contributed by atoms with Crippen molar-refractivity contribution in [2.75, 3.05) is 6.54 Å². The molecule has 0 aromatic heterocycles. The summed E-state index contributed by atoms with van der Waals surface area (Å²) in [5, 5.41) is 3.71. The summed E-state index contributed by atoms with van der Waals surface area (Å²) < 4.78 is 0. The van der Waals surface area contributed by atoms with Crippen molar-refractivity contribution < 1.29 is 4.79 Å². The first-order valence-corrected chi connectivity index (χ1v) is 8.06. The first-order valence-electron chi connectivity index (χ1n) is 8.06. The monoisotopic (exact) mass is 264 g/mol. The van der Waals surface area contributed by atoms with Crippen molar-refractivity contribution in [2.45, 2.75) is 77.4 Å². The van der Waals surface area contributed by atoms with E-state index in [1.807, 2.05) is 0 Å². The van der Waals surface area contributed by atoms with Crippen molar-refractivity contribution in [3.63, 3.8) is 0 Å². The largest absolute Gasteiger partial charge is 0.325 e. The van der Waals surface area contributed by atoms with Gasteiger partial charge in [0.25, 0.3) is 0 Å². The molecule has 1 unspecified atom stereocenters. The van der Waals surface area contributed by atoms with Gasteiger partial charge in [-0.2, -0.15) is 0 Å². The Morgan fingerprint density at radius 1 is 1.32 bits per heavy atom. The average Bonchev–Trinajstić information content (AvgIpc) is 2.86. The third kappa shape index (κ3) is 2.31. The Morgan fingerprint density at radius 3 is 2.47 bits per heavy atom. The minimum atomic E-state index is -0.142. The third-order valence-electron chi connectivity index (χ3n) is 5.58. The van der Waals surface area contributed by atoms with Gasteiger partial charge in [0.05, 0.1) is 11.7 Å². The quantitative estimate of drug-likeness (QED) is 0.847. The number of nitrogens with one attached hydrogen (secondary N) is 1. The molecular formula is C16H28N2O. The summed E-state index contributed by atoms with van der Waals surface area (Å²) in [4.78, 5) is 14.9. The van der Waals surface area contributed by atoms with E-state index in [2.05, 4.69) is 31.0 Å². The van der Waals surface area contributed by atoms with Crippen LogP contribution in [0.2, 0.25) is 0 Å². The molecule has 0 bridgehead atoms. The first-order chi connectivity index (χ1) is 8.97. The summed E-state index contributed by atoms with van der Waals surface area (Å²) in [6.45, 7) is 7.71. The Kier molecular flexibility index (Phi) is 3.16. The van der Waals surface area contributed by atoms with E-state index in [9.17, 15) is 4.79 Å². The lowest BCUT2D eigenvalue weighted by Crippen LogP contribution is -2.46. The molecule has 3 fully saturated rings. The lowest BCUT2D eigenvalue weighted by molar-refractivity contribution is -0.132. The Hall–Kier alpha value is -0.570. The zero-order valence-corrected chi connectivity index (χ0v) is 12.7. The first kappa shape index (κ1) is 13.4. The predicted molar refractivity (Wildman–Crippen MR) is 76.6 cm³/mol. The zero-order valence-electron chi connectivity index (χ0n) is 12.7. The molecule has 2 aliphatic carbocycles. The molecule has 1 amide bonds. The van der Waals surface area contributed by atoms with Crippen LogP contribution in [0.3, 0.4) is 0 Å². The maximum atomic E-state index is 12.7. The fourth-order valence-electron chi connectivity index (χ4n) is 3.70. The van der Waals surface area contributed by atoms with Crippen LogP contribution in [0.1, 0.15) is 65.7 Å². The molecular weight excluding hydrogens is 236 g/mol. The molecule has 1 spiro atoms. The van der Waals surface area contributed by atoms with Crippen LogP contribution < -0.4 is 5.32 Å². The predicted octanol–water partition coefficient (Wildman–Crippen LogP) is 2.90. The number of hydrogen-bond donors (Lipinski definition) is 1. The second kappa shape index (κ2) is 4.47. The SMILES string of the molecule is CCC(C)(C)CN1C(=O)C2(CC2)NC1C1CCCC1. The second-order valence-electron chi connectivity index (χ2n) is 7.67. The van der Waals surface area contributed by atoms with Crippen molar-refractivity contribution in [1.29, 1.82) is 0 Å². The van der Waals surface area contributed by atoms with Gasteiger partial charge in [-0.1, -0.05) is 33.6 Å². The van der Waals surface area contributed by atoms with Crippen molar-refractivity contribution in [1.82, 2.24) is 10.2 Å². The molecule has 3 aliphatic rings. The molecule has 2 saturated carbocycles. The van der Waals surface area contributed by atoms with Crippen LogP contribution in [-0.2, 0) is 4.79 Å². The van der Waals surface area contributed by atoms with Crippen molar-refractivity contribution in [3.05, 3.63) is 0 Å². The van der Waals surface area contributed by atoms with Crippen molar-refractivity contribution in [3.8, 4) is 0 Å². The summed E-state index contributed by atoms with van der Waals surface area (Å²) in [5.74, 6) is 1.09. The van der Waals surface area contributed by atoms with Crippen LogP contribution in [0.5, 0.6) is 0 Å². The number of rotatable bonds is 4. The summed E-state index contributed by atoms with van der Waals surface area (Å²) >= 11 is 0. The number of carbonyl (C=O) groups excluding carboxylic acids is 1. The summed E-state index contributed by atoms with van der Waals surface area (Å²) in [5.41, 5.74) is 0.0890. The van der Waals surface area contributed by atoms with Gasteiger partial charge in [0.15, 0.2) is 0 Å². The van der Waals surface area contributed by atoms with Crippen molar-refractivity contribution >= 4 is 5.91 Å². The summed E-state index contributed by atoms with van der Waals surface area (Å²) in [6.07, 6.45) is 8.83. The fourth-order valence-corrected chi connectivity index (χ4v) is 3.70. The van der Waals surface area contributed by atoms with E-state index < -0.39 is 0 Å². The maximum absolute atomic E-state index is 12.7. The van der Waals surface area contributed by atoms with Crippen LogP contribution >= 0.6 is 0 Å². The fraction of sp³-hybridized carbons (Fsp3) is 0.938. The van der Waals surface area contributed by atoms with Gasteiger partial charge in [0, 0.05) is 6.54 Å². The minimum Gasteiger partial charge on any atom is -0.325 e. The van der Waals surface area contributed by atoms with E-state index in [4.69, 9.17) is 0 Å². The standard InChI is InChI=1S/C16H28N2O/c1-4-15(2,3)11-18-13(12-7-5-6-8-12)17-16(9-10-16)14(18)19/h12-13,17H,4-11H2,1-3H3. The molecule has 19 heavy (non-hydrogen) atoms. The topological polar surface area (TPSA) is 32.3 Å². The van der Waals surface area contributed by atoms with E-state index in [0.29, 0.717) is 18.0 Å². The molecule has 1 aliphatic heterocycles. The second-order valence-corrected chi connectivity index (χ2v) is 7.67. The Bertz CT molecular complexity index is 367. The highest BCUT2D eigenvalue weighted by Crippen LogP contribution is 2.46. The molecule has 1 heterocycles. The van der Waals surface area contributed by atoms with Crippen LogP contribution in [0, 0.1) is 11.3 Å².